The minimum absolute atomic E-state index is 0.225. The molecule has 7 heteroatoms. The molecule has 6 rings (SSSR count). The molecular formula is C33H30ClFN4O. The molecule has 0 unspecified atom stereocenters. The smallest absolute Gasteiger partial charge is 0.141 e. The number of piperidine rings is 1. The minimum atomic E-state index is -0.295. The van der Waals surface area contributed by atoms with Crippen molar-refractivity contribution in [3.63, 3.8) is 0 Å². The average Bonchev–Trinajstić information content (AvgIpc) is 2.98. The van der Waals surface area contributed by atoms with Crippen LogP contribution in [0.1, 0.15) is 30.4 Å². The van der Waals surface area contributed by atoms with Gasteiger partial charge in [0.1, 0.15) is 30.3 Å². The first-order chi connectivity index (χ1) is 19.6. The Balaban J connectivity index is 1.18. The molecule has 0 saturated carbocycles. The summed E-state index contributed by atoms with van der Waals surface area (Å²) in [6.07, 6.45) is 5.50. The Bertz CT molecular complexity index is 1620. The van der Waals surface area contributed by atoms with E-state index in [-0.39, 0.29) is 12.4 Å². The maximum atomic E-state index is 13.5. The van der Waals surface area contributed by atoms with Gasteiger partial charge in [0.15, 0.2) is 0 Å². The topological polar surface area (TPSA) is 50.3 Å². The van der Waals surface area contributed by atoms with Crippen LogP contribution in [0, 0.1) is 5.82 Å². The summed E-state index contributed by atoms with van der Waals surface area (Å²) >= 11 is 6.52. The lowest BCUT2D eigenvalue weighted by molar-refractivity contribution is 0.221. The first-order valence-electron chi connectivity index (χ1n) is 13.6. The third kappa shape index (κ3) is 6.24. The van der Waals surface area contributed by atoms with E-state index in [1.54, 1.807) is 24.5 Å². The molecule has 0 amide bonds. The number of halogens is 2. The molecule has 1 aromatic heterocycles. The number of aromatic nitrogens is 2. The van der Waals surface area contributed by atoms with Crippen LogP contribution in [0.3, 0.4) is 0 Å². The van der Waals surface area contributed by atoms with E-state index in [0.717, 1.165) is 39.8 Å². The van der Waals surface area contributed by atoms with Crippen molar-refractivity contribution >= 4 is 34.0 Å². The highest BCUT2D eigenvalue weighted by Gasteiger charge is 2.12. The fraction of sp³-hybridized carbons (Fsp3) is 0.212. The van der Waals surface area contributed by atoms with Crippen LogP contribution in [0.15, 0.2) is 91.3 Å². The molecule has 40 heavy (non-hydrogen) atoms. The molecule has 1 N–H and O–H groups in total. The molecule has 0 spiro atoms. The number of hydrogen-bond acceptors (Lipinski definition) is 5. The van der Waals surface area contributed by atoms with Gasteiger partial charge in [-0.15, -0.1) is 0 Å². The van der Waals surface area contributed by atoms with Crippen LogP contribution < -0.4 is 10.1 Å². The monoisotopic (exact) mass is 552 g/mol. The summed E-state index contributed by atoms with van der Waals surface area (Å²) in [5, 5.41) is 4.75. The zero-order valence-electron chi connectivity index (χ0n) is 22.1. The first kappa shape index (κ1) is 26.2. The maximum absolute atomic E-state index is 13.5. The fourth-order valence-corrected chi connectivity index (χ4v) is 5.37. The van der Waals surface area contributed by atoms with Crippen molar-refractivity contribution in [1.29, 1.82) is 0 Å². The number of fused-ring (bicyclic) bond motifs is 1. The summed E-state index contributed by atoms with van der Waals surface area (Å²) in [6.45, 7) is 3.62. The van der Waals surface area contributed by atoms with E-state index in [2.05, 4.69) is 56.6 Å². The van der Waals surface area contributed by atoms with Gasteiger partial charge >= 0.3 is 0 Å². The van der Waals surface area contributed by atoms with Gasteiger partial charge in [0.05, 0.1) is 10.5 Å². The van der Waals surface area contributed by atoms with E-state index in [1.807, 2.05) is 18.2 Å². The Labute approximate surface area is 238 Å². The van der Waals surface area contributed by atoms with Gasteiger partial charge in [-0.05, 0) is 90.6 Å². The number of anilines is 2. The Kier molecular flexibility index (Phi) is 7.89. The predicted molar refractivity (Wildman–Crippen MR) is 160 cm³/mol. The molecule has 0 radical (unpaired) electrons. The van der Waals surface area contributed by atoms with Crippen molar-refractivity contribution in [3.8, 4) is 16.9 Å². The number of likely N-dealkylation sites (tertiary alicyclic amines) is 1. The number of benzene rings is 4. The molecule has 4 aromatic carbocycles. The molecular weight excluding hydrogens is 523 g/mol. The fourth-order valence-electron chi connectivity index (χ4n) is 5.13. The average molecular weight is 553 g/mol. The third-order valence-electron chi connectivity index (χ3n) is 7.26. The number of hydrogen-bond donors (Lipinski definition) is 1. The summed E-state index contributed by atoms with van der Waals surface area (Å²) < 4.78 is 19.3. The highest BCUT2D eigenvalue weighted by molar-refractivity contribution is 6.32. The molecule has 0 bridgehead atoms. The lowest BCUT2D eigenvalue weighted by Gasteiger charge is -2.26. The molecule has 1 aliphatic rings. The second kappa shape index (κ2) is 12.0. The standard InChI is InChI=1S/C33H30ClFN4O/c34-30-19-28(12-14-32(30)40-21-24-5-4-6-27(35)17-24)38-33-29-18-26(11-13-31(29)36-22-37-33)25-9-7-23(8-10-25)20-39-15-2-1-3-16-39/h4-14,17-19,22H,1-3,15-16,20-21H2,(H,36,37,38). The number of nitrogens with zero attached hydrogens (tertiary/aromatic N) is 3. The van der Waals surface area contributed by atoms with E-state index in [9.17, 15) is 4.39 Å². The maximum Gasteiger partial charge on any atom is 0.141 e. The highest BCUT2D eigenvalue weighted by atomic mass is 35.5. The van der Waals surface area contributed by atoms with E-state index in [4.69, 9.17) is 16.3 Å². The second-order valence-corrected chi connectivity index (χ2v) is 10.6. The Morgan fingerprint density at radius 2 is 1.65 bits per heavy atom. The number of nitrogens with one attached hydrogen (secondary N) is 1. The van der Waals surface area contributed by atoms with Crippen molar-refractivity contribution in [2.45, 2.75) is 32.4 Å². The largest absolute Gasteiger partial charge is 0.487 e. The van der Waals surface area contributed by atoms with Gasteiger partial charge in [0.25, 0.3) is 0 Å². The summed E-state index contributed by atoms with van der Waals surface area (Å²) in [6, 6.07) is 26.9. The van der Waals surface area contributed by atoms with Crippen molar-refractivity contribution in [2.24, 2.45) is 0 Å². The molecule has 5 nitrogen and oxygen atoms in total. The van der Waals surface area contributed by atoms with Crippen LogP contribution in [0.25, 0.3) is 22.0 Å². The summed E-state index contributed by atoms with van der Waals surface area (Å²) in [7, 11) is 0. The Hall–Kier alpha value is -4.00. The van der Waals surface area contributed by atoms with Crippen LogP contribution >= 0.6 is 11.6 Å². The molecule has 0 atom stereocenters. The first-order valence-corrected chi connectivity index (χ1v) is 14.0. The van der Waals surface area contributed by atoms with Crippen LogP contribution in [-0.2, 0) is 13.2 Å². The zero-order valence-corrected chi connectivity index (χ0v) is 22.9. The third-order valence-corrected chi connectivity index (χ3v) is 7.55. The molecule has 5 aromatic rings. The molecule has 0 aliphatic carbocycles. The van der Waals surface area contributed by atoms with Crippen LogP contribution in [0.5, 0.6) is 5.75 Å². The van der Waals surface area contributed by atoms with Gasteiger partial charge < -0.3 is 10.1 Å². The molecule has 1 saturated heterocycles. The van der Waals surface area contributed by atoms with Crippen LogP contribution in [0.4, 0.5) is 15.9 Å². The predicted octanol–water partition coefficient (Wildman–Crippen LogP) is 8.40. The van der Waals surface area contributed by atoms with Gasteiger partial charge in [-0.2, -0.15) is 0 Å². The minimum Gasteiger partial charge on any atom is -0.487 e. The zero-order chi connectivity index (χ0) is 27.3. The summed E-state index contributed by atoms with van der Waals surface area (Å²) in [5.74, 6) is 0.921. The van der Waals surface area contributed by atoms with Crippen molar-refractivity contribution in [2.75, 3.05) is 18.4 Å². The molecule has 2 heterocycles. The van der Waals surface area contributed by atoms with Gasteiger partial charge in [-0.3, -0.25) is 4.90 Å². The van der Waals surface area contributed by atoms with Crippen molar-refractivity contribution < 1.29 is 9.13 Å². The van der Waals surface area contributed by atoms with Crippen LogP contribution in [-0.4, -0.2) is 28.0 Å². The Morgan fingerprint density at radius 1 is 0.825 bits per heavy atom. The van der Waals surface area contributed by atoms with Gasteiger partial charge in [-0.1, -0.05) is 60.5 Å². The lowest BCUT2D eigenvalue weighted by Crippen LogP contribution is -2.28. The van der Waals surface area contributed by atoms with E-state index < -0.39 is 0 Å². The molecule has 1 fully saturated rings. The van der Waals surface area contributed by atoms with E-state index >= 15 is 0 Å². The van der Waals surface area contributed by atoms with Crippen molar-refractivity contribution in [1.82, 2.24) is 14.9 Å². The van der Waals surface area contributed by atoms with Gasteiger partial charge in [0.2, 0.25) is 0 Å². The quantitative estimate of drug-likeness (QED) is 0.209. The number of ether oxygens (including phenoxy) is 1. The molecule has 1 aliphatic heterocycles. The van der Waals surface area contributed by atoms with Crippen molar-refractivity contribution in [3.05, 3.63) is 113 Å². The molecule has 202 valence electrons. The number of rotatable bonds is 8. The van der Waals surface area contributed by atoms with Gasteiger partial charge in [-0.25, -0.2) is 14.4 Å². The summed E-state index contributed by atoms with van der Waals surface area (Å²) in [4.78, 5) is 11.5. The van der Waals surface area contributed by atoms with Gasteiger partial charge in [0, 0.05) is 17.6 Å². The second-order valence-electron chi connectivity index (χ2n) is 10.2. The SMILES string of the molecule is Fc1cccc(COc2ccc(Nc3ncnc4ccc(-c5ccc(CN6CCCCC6)cc5)cc34)cc2Cl)c1. The Morgan fingerprint density at radius 3 is 2.45 bits per heavy atom. The van der Waals surface area contributed by atoms with Crippen LogP contribution in [0.2, 0.25) is 5.02 Å². The van der Waals surface area contributed by atoms with E-state index in [1.165, 1.54) is 50.0 Å². The van der Waals surface area contributed by atoms with E-state index in [0.29, 0.717) is 16.6 Å². The summed E-state index contributed by atoms with van der Waals surface area (Å²) in [5.41, 5.74) is 5.96. The highest BCUT2D eigenvalue weighted by Crippen LogP contribution is 2.32. The normalized spacial score (nSPS) is 13.8. The lowest BCUT2D eigenvalue weighted by atomic mass is 10.0.